The zero-order chi connectivity index (χ0) is 17.0. The highest BCUT2D eigenvalue weighted by molar-refractivity contribution is 5.78. The van der Waals surface area contributed by atoms with Crippen molar-refractivity contribution >= 4 is 11.9 Å². The number of piperidine rings is 1. The van der Waals surface area contributed by atoms with Crippen molar-refractivity contribution in [2.45, 2.75) is 50.7 Å². The number of carbonyl (C=O) groups is 2. The third-order valence-electron chi connectivity index (χ3n) is 4.84. The van der Waals surface area contributed by atoms with Gasteiger partial charge in [-0.1, -0.05) is 0 Å². The summed E-state index contributed by atoms with van der Waals surface area (Å²) in [5.74, 6) is -1.44. The highest BCUT2D eigenvalue weighted by Gasteiger charge is 2.43. The summed E-state index contributed by atoms with van der Waals surface area (Å²) in [4.78, 5) is 25.0. The van der Waals surface area contributed by atoms with Crippen LogP contribution in [0.15, 0.2) is 0 Å². The van der Waals surface area contributed by atoms with E-state index in [9.17, 15) is 22.8 Å². The smallest absolute Gasteiger partial charge is 0.359 e. The summed E-state index contributed by atoms with van der Waals surface area (Å²) < 4.78 is 38.4. The fraction of sp³-hybridized carbons (Fsp3) is 0.867. The maximum Gasteiger partial charge on any atom is 0.393 e. The van der Waals surface area contributed by atoms with E-state index in [-0.39, 0.29) is 30.8 Å². The first-order valence-corrected chi connectivity index (χ1v) is 8.15. The minimum absolute atomic E-state index is 0.0128. The number of likely N-dealkylation sites (tertiary alicyclic amines) is 1. The van der Waals surface area contributed by atoms with Crippen molar-refractivity contribution in [2.75, 3.05) is 20.1 Å². The molecular formula is C15H24F3N3O2. The molecule has 1 heterocycles. The zero-order valence-electron chi connectivity index (χ0n) is 13.3. The van der Waals surface area contributed by atoms with Gasteiger partial charge in [0.25, 0.3) is 0 Å². The first-order chi connectivity index (χ1) is 10.8. The van der Waals surface area contributed by atoms with Crippen LogP contribution < -0.4 is 10.6 Å². The van der Waals surface area contributed by atoms with Crippen molar-refractivity contribution in [1.82, 2.24) is 15.5 Å². The minimum atomic E-state index is -4.25. The van der Waals surface area contributed by atoms with Crippen LogP contribution in [0.1, 0.15) is 38.5 Å². The molecule has 1 unspecified atom stereocenters. The number of rotatable bonds is 2. The normalized spacial score (nSPS) is 29.0. The lowest BCUT2D eigenvalue weighted by Crippen LogP contribution is -2.51. The number of amides is 3. The molecule has 1 saturated carbocycles. The van der Waals surface area contributed by atoms with Gasteiger partial charge in [0.1, 0.15) is 0 Å². The topological polar surface area (TPSA) is 61.4 Å². The van der Waals surface area contributed by atoms with E-state index < -0.39 is 18.1 Å². The first kappa shape index (κ1) is 17.9. The van der Waals surface area contributed by atoms with Crippen LogP contribution in [-0.2, 0) is 4.79 Å². The van der Waals surface area contributed by atoms with E-state index in [0.29, 0.717) is 38.6 Å². The Bertz CT molecular complexity index is 434. The fourth-order valence-electron chi connectivity index (χ4n) is 3.40. The standard InChI is InChI=1S/C15H24F3N3O2/c1-19-13(22)10-4-6-12(7-5-10)20-14(23)21-8-2-3-11(9-21)15(16,17)18/h10-12H,2-9H2,1H3,(H,19,22)(H,20,23). The molecule has 0 aromatic rings. The van der Waals surface area contributed by atoms with Crippen LogP contribution >= 0.6 is 0 Å². The van der Waals surface area contributed by atoms with E-state index in [0.717, 1.165) is 0 Å². The largest absolute Gasteiger partial charge is 0.393 e. The van der Waals surface area contributed by atoms with E-state index in [1.54, 1.807) is 7.05 Å². The van der Waals surface area contributed by atoms with Gasteiger partial charge in [-0.3, -0.25) is 4.79 Å². The number of hydrogen-bond acceptors (Lipinski definition) is 2. The van der Waals surface area contributed by atoms with Gasteiger partial charge in [0.05, 0.1) is 5.92 Å². The predicted octanol–water partition coefficient (Wildman–Crippen LogP) is 2.28. The number of nitrogens with zero attached hydrogens (tertiary/aromatic N) is 1. The summed E-state index contributed by atoms with van der Waals surface area (Å²) in [5, 5.41) is 5.45. The molecule has 0 radical (unpaired) electrons. The van der Waals surface area contributed by atoms with Crippen LogP contribution in [0.25, 0.3) is 0 Å². The first-order valence-electron chi connectivity index (χ1n) is 8.15. The van der Waals surface area contributed by atoms with E-state index in [1.165, 1.54) is 4.90 Å². The van der Waals surface area contributed by atoms with Crippen molar-refractivity contribution in [2.24, 2.45) is 11.8 Å². The zero-order valence-corrected chi connectivity index (χ0v) is 13.3. The number of nitrogens with one attached hydrogen (secondary N) is 2. The molecule has 2 N–H and O–H groups in total. The van der Waals surface area contributed by atoms with Crippen molar-refractivity contribution in [1.29, 1.82) is 0 Å². The van der Waals surface area contributed by atoms with Gasteiger partial charge < -0.3 is 15.5 Å². The fourth-order valence-corrected chi connectivity index (χ4v) is 3.40. The molecule has 23 heavy (non-hydrogen) atoms. The van der Waals surface area contributed by atoms with Gasteiger partial charge in [0, 0.05) is 32.1 Å². The van der Waals surface area contributed by atoms with E-state index in [1.807, 2.05) is 0 Å². The summed E-state index contributed by atoms with van der Waals surface area (Å²) in [7, 11) is 1.60. The molecule has 0 spiro atoms. The molecule has 0 aromatic heterocycles. The lowest BCUT2D eigenvalue weighted by molar-refractivity contribution is -0.184. The lowest BCUT2D eigenvalue weighted by Gasteiger charge is -2.35. The monoisotopic (exact) mass is 335 g/mol. The number of urea groups is 1. The molecule has 1 aliphatic heterocycles. The Balaban J connectivity index is 1.80. The molecule has 8 heteroatoms. The van der Waals surface area contributed by atoms with E-state index in [4.69, 9.17) is 0 Å². The number of hydrogen-bond donors (Lipinski definition) is 2. The maximum absolute atomic E-state index is 12.8. The Morgan fingerprint density at radius 3 is 2.30 bits per heavy atom. The Morgan fingerprint density at radius 2 is 1.74 bits per heavy atom. The number of halogens is 3. The highest BCUT2D eigenvalue weighted by atomic mass is 19.4. The average molecular weight is 335 g/mol. The van der Waals surface area contributed by atoms with Gasteiger partial charge in [-0.2, -0.15) is 13.2 Å². The van der Waals surface area contributed by atoms with Crippen molar-refractivity contribution in [3.63, 3.8) is 0 Å². The second-order valence-corrected chi connectivity index (χ2v) is 6.44. The van der Waals surface area contributed by atoms with Crippen molar-refractivity contribution in [3.8, 4) is 0 Å². The molecule has 1 atom stereocenters. The molecule has 1 aliphatic carbocycles. The molecule has 0 bridgehead atoms. The molecule has 2 aliphatic rings. The van der Waals surface area contributed by atoms with Crippen molar-refractivity contribution < 1.29 is 22.8 Å². The predicted molar refractivity (Wildman–Crippen MR) is 78.7 cm³/mol. The summed E-state index contributed by atoms with van der Waals surface area (Å²) in [6, 6.07) is -0.475. The molecule has 132 valence electrons. The average Bonchev–Trinajstić information content (AvgIpc) is 2.54. The summed E-state index contributed by atoms with van der Waals surface area (Å²) in [6.07, 6.45) is -1.04. The van der Waals surface area contributed by atoms with Gasteiger partial charge in [0.2, 0.25) is 5.91 Å². The van der Waals surface area contributed by atoms with Crippen LogP contribution in [0.3, 0.4) is 0 Å². The quantitative estimate of drug-likeness (QED) is 0.813. The van der Waals surface area contributed by atoms with Crippen LogP contribution in [0.2, 0.25) is 0 Å². The van der Waals surface area contributed by atoms with Gasteiger partial charge >= 0.3 is 12.2 Å². The molecular weight excluding hydrogens is 311 g/mol. The minimum Gasteiger partial charge on any atom is -0.359 e. The van der Waals surface area contributed by atoms with Crippen LogP contribution in [0.4, 0.5) is 18.0 Å². The lowest BCUT2D eigenvalue weighted by atomic mass is 9.85. The van der Waals surface area contributed by atoms with E-state index in [2.05, 4.69) is 10.6 Å². The maximum atomic E-state index is 12.8. The summed E-state index contributed by atoms with van der Waals surface area (Å²) >= 11 is 0. The van der Waals surface area contributed by atoms with E-state index >= 15 is 0 Å². The second kappa shape index (κ2) is 7.40. The summed E-state index contributed by atoms with van der Waals surface area (Å²) in [6.45, 7) is 0.106. The van der Waals surface area contributed by atoms with Crippen molar-refractivity contribution in [3.05, 3.63) is 0 Å². The number of alkyl halides is 3. The van der Waals surface area contributed by atoms with Gasteiger partial charge in [0.15, 0.2) is 0 Å². The molecule has 5 nitrogen and oxygen atoms in total. The van der Waals surface area contributed by atoms with Crippen LogP contribution in [-0.4, -0.2) is 49.2 Å². The molecule has 2 fully saturated rings. The second-order valence-electron chi connectivity index (χ2n) is 6.44. The Hall–Kier alpha value is -1.47. The number of carbonyl (C=O) groups excluding carboxylic acids is 2. The Morgan fingerprint density at radius 1 is 1.09 bits per heavy atom. The molecule has 0 aromatic carbocycles. The third-order valence-corrected chi connectivity index (χ3v) is 4.84. The molecule has 3 amide bonds. The SMILES string of the molecule is CNC(=O)C1CCC(NC(=O)N2CCCC(C(F)(F)F)C2)CC1. The Kier molecular flexibility index (Phi) is 5.75. The van der Waals surface area contributed by atoms with Gasteiger partial charge in [-0.25, -0.2) is 4.79 Å². The summed E-state index contributed by atoms with van der Waals surface area (Å²) in [5.41, 5.74) is 0. The van der Waals surface area contributed by atoms with Gasteiger partial charge in [-0.05, 0) is 38.5 Å². The molecule has 2 rings (SSSR count). The third kappa shape index (κ3) is 4.75. The van der Waals surface area contributed by atoms with Crippen LogP contribution in [0, 0.1) is 11.8 Å². The molecule has 1 saturated heterocycles. The van der Waals surface area contributed by atoms with Gasteiger partial charge in [-0.15, -0.1) is 0 Å². The highest BCUT2D eigenvalue weighted by Crippen LogP contribution is 2.33. The van der Waals surface area contributed by atoms with Crippen LogP contribution in [0.5, 0.6) is 0 Å². The Labute approximate surface area is 134 Å².